The second-order valence-electron chi connectivity index (χ2n) is 11.1. The summed E-state index contributed by atoms with van der Waals surface area (Å²) in [4.78, 5) is 46.6. The summed E-state index contributed by atoms with van der Waals surface area (Å²) in [5.74, 6) is 1.86. The van der Waals surface area contributed by atoms with Crippen LogP contribution in [0, 0.1) is 0 Å². The molecule has 5 rings (SSSR count). The third kappa shape index (κ3) is 6.72. The molecule has 11 nitrogen and oxygen atoms in total. The molecule has 1 aromatic heterocycles. The Hall–Kier alpha value is -5.06. The predicted octanol–water partition coefficient (Wildman–Crippen LogP) is 4.29. The Morgan fingerprint density at radius 3 is 2.53 bits per heavy atom. The van der Waals surface area contributed by atoms with Gasteiger partial charge in [-0.05, 0) is 73.2 Å². The third-order valence-corrected chi connectivity index (χ3v) is 8.01. The van der Waals surface area contributed by atoms with E-state index in [0.717, 1.165) is 28.0 Å². The molecule has 2 amide bonds. The van der Waals surface area contributed by atoms with Crippen molar-refractivity contribution in [3.05, 3.63) is 75.7 Å². The molecule has 0 aliphatic heterocycles. The van der Waals surface area contributed by atoms with Crippen molar-refractivity contribution in [3.63, 3.8) is 0 Å². The highest BCUT2D eigenvalue weighted by atomic mass is 16.5. The van der Waals surface area contributed by atoms with Crippen LogP contribution in [0.25, 0.3) is 22.2 Å². The maximum Gasteiger partial charge on any atom is 0.242 e. The average Bonchev–Trinajstić information content (AvgIpc) is 3.31. The number of fused-ring (bicyclic) bond motifs is 4. The molecule has 0 saturated heterocycles. The van der Waals surface area contributed by atoms with Gasteiger partial charge in [-0.25, -0.2) is 4.98 Å². The molecule has 0 fully saturated rings. The molecular formula is C34H39N5O6. The molecule has 236 valence electrons. The highest BCUT2D eigenvalue weighted by Gasteiger charge is 2.29. The number of aromatic amines is 1. The van der Waals surface area contributed by atoms with Gasteiger partial charge in [0.15, 0.2) is 11.5 Å². The van der Waals surface area contributed by atoms with E-state index in [1.165, 1.54) is 13.0 Å². The third-order valence-electron chi connectivity index (χ3n) is 8.01. The van der Waals surface area contributed by atoms with Crippen LogP contribution in [-0.2, 0) is 22.4 Å². The number of carbonyl (C=O) groups excluding carboxylic acids is 2. The fourth-order valence-corrected chi connectivity index (χ4v) is 5.87. The van der Waals surface area contributed by atoms with Gasteiger partial charge in [0.2, 0.25) is 23.0 Å². The average molecular weight is 614 g/mol. The van der Waals surface area contributed by atoms with E-state index in [4.69, 9.17) is 14.2 Å². The summed E-state index contributed by atoms with van der Waals surface area (Å²) in [6.07, 6.45) is 2.55. The lowest BCUT2D eigenvalue weighted by Crippen LogP contribution is -2.39. The molecular weight excluding hydrogens is 574 g/mol. The van der Waals surface area contributed by atoms with Crippen LogP contribution >= 0.6 is 0 Å². The SMILES string of the molecule is COc1cc2c(c(OC)c1OC)-c1ccc(NC(C)C(=O)NCCCc3nc4ccccc4[nH]3)c(=O)cc1C(NC(C)=O)CC2. The standard InChI is InChI=1S/C34H39N5O6/c1-19(34(42)35-16-8-11-30-38-25-9-6-7-10-26(25)39-30)36-27-15-13-22-23(18-28(27)41)24(37-20(2)40)14-12-21-17-29(43-3)32(44-4)33(45-5)31(21)22/h6-7,9-10,13,15,17-19,24H,8,11-12,14,16H2,1-5H3,(H,35,42)(H,36,41)(H,37,40)(H,38,39). The van der Waals surface area contributed by atoms with E-state index in [1.54, 1.807) is 34.3 Å². The zero-order valence-corrected chi connectivity index (χ0v) is 26.2. The lowest BCUT2D eigenvalue weighted by molar-refractivity contribution is -0.121. The number of imidazole rings is 1. The number of benzene rings is 2. The number of aromatic nitrogens is 2. The summed E-state index contributed by atoms with van der Waals surface area (Å²) in [6.45, 7) is 3.63. The molecule has 1 aliphatic carbocycles. The molecule has 45 heavy (non-hydrogen) atoms. The number of amides is 2. The largest absolute Gasteiger partial charge is 0.493 e. The van der Waals surface area contributed by atoms with Crippen LogP contribution < -0.4 is 35.6 Å². The maximum absolute atomic E-state index is 13.6. The Bertz CT molecular complexity index is 1750. The minimum atomic E-state index is -0.677. The Balaban J connectivity index is 1.38. The lowest BCUT2D eigenvalue weighted by Gasteiger charge is -2.19. The summed E-state index contributed by atoms with van der Waals surface area (Å²) in [6, 6.07) is 13.7. The number of nitrogens with zero attached hydrogens (tertiary/aromatic N) is 1. The Labute approximate surface area is 261 Å². The molecule has 0 bridgehead atoms. The topological polar surface area (TPSA) is 144 Å². The van der Waals surface area contributed by atoms with E-state index in [9.17, 15) is 14.4 Å². The summed E-state index contributed by atoms with van der Waals surface area (Å²) in [7, 11) is 4.66. The zero-order chi connectivity index (χ0) is 32.1. The monoisotopic (exact) mass is 613 g/mol. The van der Waals surface area contributed by atoms with Gasteiger partial charge in [0.05, 0.1) is 44.1 Å². The highest BCUT2D eigenvalue weighted by molar-refractivity contribution is 5.85. The molecule has 1 aliphatic rings. The van der Waals surface area contributed by atoms with E-state index < -0.39 is 12.1 Å². The van der Waals surface area contributed by atoms with Gasteiger partial charge in [-0.1, -0.05) is 18.2 Å². The van der Waals surface area contributed by atoms with Crippen LogP contribution in [0.15, 0.2) is 53.3 Å². The molecule has 0 radical (unpaired) electrons. The second kappa shape index (κ2) is 13.7. The number of hydrogen-bond acceptors (Lipinski definition) is 8. The van der Waals surface area contributed by atoms with E-state index in [-0.39, 0.29) is 22.9 Å². The van der Waals surface area contributed by atoms with Gasteiger partial charge in [0.25, 0.3) is 0 Å². The van der Waals surface area contributed by atoms with Crippen LogP contribution in [-0.4, -0.2) is 55.7 Å². The van der Waals surface area contributed by atoms with Crippen molar-refractivity contribution in [2.24, 2.45) is 0 Å². The minimum Gasteiger partial charge on any atom is -0.493 e. The minimum absolute atomic E-state index is 0.207. The Morgan fingerprint density at radius 2 is 1.82 bits per heavy atom. The van der Waals surface area contributed by atoms with Gasteiger partial charge in [-0.15, -0.1) is 0 Å². The van der Waals surface area contributed by atoms with Crippen molar-refractivity contribution >= 4 is 28.5 Å². The van der Waals surface area contributed by atoms with Crippen LogP contribution in [0.4, 0.5) is 5.69 Å². The van der Waals surface area contributed by atoms with Crippen molar-refractivity contribution in [2.45, 2.75) is 51.6 Å². The molecule has 4 aromatic rings. The van der Waals surface area contributed by atoms with Gasteiger partial charge in [0, 0.05) is 25.5 Å². The number of aryl methyl sites for hydroxylation is 2. The van der Waals surface area contributed by atoms with E-state index >= 15 is 0 Å². The molecule has 2 unspecified atom stereocenters. The summed E-state index contributed by atoms with van der Waals surface area (Å²) >= 11 is 0. The summed E-state index contributed by atoms with van der Waals surface area (Å²) in [5, 5.41) is 9.03. The smallest absolute Gasteiger partial charge is 0.242 e. The number of carbonyl (C=O) groups is 2. The number of ether oxygens (including phenoxy) is 3. The molecule has 1 heterocycles. The number of anilines is 1. The summed E-state index contributed by atoms with van der Waals surface area (Å²) in [5.41, 5.74) is 4.91. The van der Waals surface area contributed by atoms with Gasteiger partial charge >= 0.3 is 0 Å². The van der Waals surface area contributed by atoms with E-state index in [2.05, 4.69) is 25.9 Å². The number of methoxy groups -OCH3 is 3. The van der Waals surface area contributed by atoms with E-state index in [1.807, 2.05) is 36.4 Å². The molecule has 0 saturated carbocycles. The van der Waals surface area contributed by atoms with Crippen molar-refractivity contribution < 1.29 is 23.8 Å². The number of rotatable bonds is 11. The van der Waals surface area contributed by atoms with Crippen molar-refractivity contribution in [2.75, 3.05) is 33.2 Å². The first kappa shape index (κ1) is 31.4. The molecule has 2 atom stereocenters. The fraction of sp³-hybridized carbons (Fsp3) is 0.353. The molecule has 3 aromatic carbocycles. The van der Waals surface area contributed by atoms with Crippen molar-refractivity contribution in [1.82, 2.24) is 20.6 Å². The summed E-state index contributed by atoms with van der Waals surface area (Å²) < 4.78 is 17.1. The number of hydrogen-bond donors (Lipinski definition) is 4. The zero-order valence-electron chi connectivity index (χ0n) is 26.2. The van der Waals surface area contributed by atoms with Gasteiger partial charge in [0.1, 0.15) is 11.9 Å². The molecule has 4 N–H and O–H groups in total. The first-order valence-corrected chi connectivity index (χ1v) is 15.0. The first-order valence-electron chi connectivity index (χ1n) is 15.0. The van der Waals surface area contributed by atoms with Crippen molar-refractivity contribution in [3.8, 4) is 28.4 Å². The van der Waals surface area contributed by atoms with Gasteiger partial charge < -0.3 is 35.1 Å². The lowest BCUT2D eigenvalue weighted by atomic mass is 9.95. The Kier molecular flexibility index (Phi) is 9.56. The highest BCUT2D eigenvalue weighted by Crippen LogP contribution is 2.50. The van der Waals surface area contributed by atoms with Crippen LogP contribution in [0.3, 0.4) is 0 Å². The second-order valence-corrected chi connectivity index (χ2v) is 11.1. The van der Waals surface area contributed by atoms with E-state index in [0.29, 0.717) is 60.6 Å². The maximum atomic E-state index is 13.6. The van der Waals surface area contributed by atoms with Crippen LogP contribution in [0.5, 0.6) is 17.2 Å². The van der Waals surface area contributed by atoms with Gasteiger partial charge in [-0.2, -0.15) is 0 Å². The van der Waals surface area contributed by atoms with Crippen LogP contribution in [0.2, 0.25) is 0 Å². The molecule has 11 heteroatoms. The van der Waals surface area contributed by atoms with Crippen molar-refractivity contribution in [1.29, 1.82) is 0 Å². The fourth-order valence-electron chi connectivity index (χ4n) is 5.87. The predicted molar refractivity (Wildman–Crippen MR) is 173 cm³/mol. The normalized spacial score (nSPS) is 14.4. The first-order chi connectivity index (χ1) is 21.7. The number of para-hydroxylation sites is 2. The number of H-pyrrole nitrogens is 1. The molecule has 0 spiro atoms. The van der Waals surface area contributed by atoms with Gasteiger partial charge in [-0.3, -0.25) is 14.4 Å². The Morgan fingerprint density at radius 1 is 1.04 bits per heavy atom. The van der Waals surface area contributed by atoms with Crippen LogP contribution in [0.1, 0.15) is 49.7 Å². The number of nitrogens with one attached hydrogen (secondary N) is 4. The quantitative estimate of drug-likeness (QED) is 0.184.